The first kappa shape index (κ1) is 21.0. The number of nitrogens with zero attached hydrogens (tertiary/aromatic N) is 4. The summed E-state index contributed by atoms with van der Waals surface area (Å²) in [5.74, 6) is -0.125. The maximum Gasteiger partial charge on any atom is 0.261 e. The van der Waals surface area contributed by atoms with Gasteiger partial charge in [-0.05, 0) is 49.2 Å². The van der Waals surface area contributed by atoms with Crippen LogP contribution in [-0.4, -0.2) is 20.4 Å². The molecule has 5 rings (SSSR count). The second-order valence-corrected chi connectivity index (χ2v) is 8.95. The van der Waals surface area contributed by atoms with Crippen LogP contribution in [0.15, 0.2) is 77.9 Å². The minimum atomic E-state index is -0.140. The molecule has 0 fully saturated rings. The van der Waals surface area contributed by atoms with E-state index in [-0.39, 0.29) is 24.4 Å². The predicted octanol–water partition coefficient (Wildman–Crippen LogP) is 5.38. The number of benzene rings is 3. The molecule has 0 unspecified atom stereocenters. The second-order valence-electron chi connectivity index (χ2n) is 7.94. The van der Waals surface area contributed by atoms with E-state index in [1.54, 1.807) is 11.0 Å². The Balaban J connectivity index is 1.49. The zero-order valence-electron chi connectivity index (χ0n) is 18.4. The average Bonchev–Trinajstić information content (AvgIpc) is 3.24. The Morgan fingerprint density at radius 1 is 0.970 bits per heavy atom. The molecular weight excluding hydrogens is 432 g/mol. The van der Waals surface area contributed by atoms with Crippen molar-refractivity contribution < 1.29 is 4.79 Å². The highest BCUT2D eigenvalue weighted by Gasteiger charge is 2.23. The third kappa shape index (κ3) is 3.91. The Morgan fingerprint density at radius 3 is 2.55 bits per heavy atom. The summed E-state index contributed by atoms with van der Waals surface area (Å²) in [6.07, 6.45) is 1.67. The van der Waals surface area contributed by atoms with Crippen LogP contribution in [0.1, 0.15) is 17.5 Å². The second kappa shape index (κ2) is 8.60. The first-order valence-electron chi connectivity index (χ1n) is 10.7. The van der Waals surface area contributed by atoms with Crippen molar-refractivity contribution >= 4 is 49.2 Å². The molecule has 0 atom stereocenters. The van der Waals surface area contributed by atoms with E-state index < -0.39 is 0 Å². The van der Waals surface area contributed by atoms with Crippen LogP contribution in [0, 0.1) is 13.8 Å². The number of hydrogen-bond donors (Lipinski definition) is 0. The van der Waals surface area contributed by atoms with Gasteiger partial charge in [0.2, 0.25) is 5.91 Å². The Bertz CT molecular complexity index is 1520. The molecule has 0 bridgehead atoms. The molecule has 0 N–H and O–H groups in total. The number of hydrogen-bond acceptors (Lipinski definition) is 5. The molecule has 6 nitrogen and oxygen atoms in total. The fraction of sp³-hybridized carbons (Fsp3) is 0.154. The smallest absolute Gasteiger partial charge is 0.261 e. The first-order chi connectivity index (χ1) is 16.0. The Kier molecular flexibility index (Phi) is 5.48. The lowest BCUT2D eigenvalue weighted by Gasteiger charge is -2.22. The van der Waals surface area contributed by atoms with Crippen molar-refractivity contribution in [2.24, 2.45) is 0 Å². The van der Waals surface area contributed by atoms with Crippen LogP contribution >= 0.6 is 11.3 Å². The van der Waals surface area contributed by atoms with Gasteiger partial charge in [0.1, 0.15) is 0 Å². The number of fused-ring (bicyclic) bond motifs is 2. The van der Waals surface area contributed by atoms with Gasteiger partial charge in [0, 0.05) is 13.0 Å². The van der Waals surface area contributed by atoms with Gasteiger partial charge in [-0.2, -0.15) is 0 Å². The van der Waals surface area contributed by atoms with Gasteiger partial charge in [0.15, 0.2) is 5.13 Å². The predicted molar refractivity (Wildman–Crippen MR) is 133 cm³/mol. The van der Waals surface area contributed by atoms with E-state index in [1.165, 1.54) is 22.2 Å². The number of aryl methyl sites for hydroxylation is 3. The Labute approximate surface area is 194 Å². The van der Waals surface area contributed by atoms with Crippen molar-refractivity contribution in [1.82, 2.24) is 14.5 Å². The molecule has 0 aliphatic heterocycles. The molecule has 0 aliphatic rings. The molecule has 1 amide bonds. The molecule has 0 saturated heterocycles. The average molecular weight is 455 g/mol. The summed E-state index contributed by atoms with van der Waals surface area (Å²) in [6, 6.07) is 21.2. The van der Waals surface area contributed by atoms with E-state index in [1.807, 2.05) is 74.5 Å². The third-order valence-electron chi connectivity index (χ3n) is 5.70. The molecule has 0 saturated carbocycles. The fourth-order valence-corrected chi connectivity index (χ4v) is 4.94. The van der Waals surface area contributed by atoms with Crippen molar-refractivity contribution in [1.29, 1.82) is 0 Å². The normalized spacial score (nSPS) is 11.2. The number of carbonyl (C=O) groups is 1. The lowest BCUT2D eigenvalue weighted by molar-refractivity contribution is -0.118. The highest BCUT2D eigenvalue weighted by atomic mass is 32.1. The van der Waals surface area contributed by atoms with E-state index in [0.717, 1.165) is 27.0 Å². The van der Waals surface area contributed by atoms with Gasteiger partial charge in [-0.15, -0.1) is 0 Å². The Morgan fingerprint density at radius 2 is 1.73 bits per heavy atom. The largest absolute Gasteiger partial charge is 0.298 e. The molecule has 164 valence electrons. The van der Waals surface area contributed by atoms with Crippen LogP contribution < -0.4 is 10.5 Å². The summed E-state index contributed by atoms with van der Waals surface area (Å²) in [5.41, 5.74) is 4.13. The molecule has 2 heterocycles. The van der Waals surface area contributed by atoms with E-state index >= 15 is 0 Å². The molecule has 33 heavy (non-hydrogen) atoms. The molecule has 5 aromatic rings. The summed E-state index contributed by atoms with van der Waals surface area (Å²) in [4.78, 5) is 37.3. The molecular formula is C26H22N4O2S. The third-order valence-corrected chi connectivity index (χ3v) is 6.72. The number of amides is 1. The number of anilines is 2. The van der Waals surface area contributed by atoms with Gasteiger partial charge in [0.25, 0.3) is 5.56 Å². The molecule has 0 aliphatic carbocycles. The number of rotatable bonds is 5. The maximum absolute atomic E-state index is 13.5. The van der Waals surface area contributed by atoms with Gasteiger partial charge in [-0.3, -0.25) is 19.1 Å². The summed E-state index contributed by atoms with van der Waals surface area (Å²) in [7, 11) is 0. The van der Waals surface area contributed by atoms with Crippen molar-refractivity contribution in [2.75, 3.05) is 4.90 Å². The number of thiazole rings is 1. The van der Waals surface area contributed by atoms with Crippen LogP contribution in [0.3, 0.4) is 0 Å². The lowest BCUT2D eigenvalue weighted by atomic mass is 10.1. The molecule has 7 heteroatoms. The van der Waals surface area contributed by atoms with Gasteiger partial charge in [0.05, 0.1) is 33.1 Å². The highest BCUT2D eigenvalue weighted by Crippen LogP contribution is 2.35. The summed E-state index contributed by atoms with van der Waals surface area (Å²) >= 11 is 1.48. The topological polar surface area (TPSA) is 68.1 Å². The molecule has 0 radical (unpaired) electrons. The fourth-order valence-electron chi connectivity index (χ4n) is 3.94. The van der Waals surface area contributed by atoms with Crippen LogP contribution in [0.5, 0.6) is 0 Å². The van der Waals surface area contributed by atoms with Crippen LogP contribution in [0.4, 0.5) is 10.8 Å². The summed E-state index contributed by atoms with van der Waals surface area (Å²) in [5, 5.41) is 1.18. The van der Waals surface area contributed by atoms with Crippen molar-refractivity contribution in [2.45, 2.75) is 26.8 Å². The Hall–Kier alpha value is -3.84. The van der Waals surface area contributed by atoms with E-state index in [2.05, 4.69) is 4.98 Å². The van der Waals surface area contributed by atoms with Crippen molar-refractivity contribution in [3.63, 3.8) is 0 Å². The maximum atomic E-state index is 13.5. The van der Waals surface area contributed by atoms with Gasteiger partial charge >= 0.3 is 0 Å². The molecule has 2 aromatic heterocycles. The first-order valence-corrected chi connectivity index (χ1v) is 11.5. The SMILES string of the molecule is Cc1ccccc1N(C(=O)CCn1cnc2c(C)cccc2c1=O)c1nc2ccccc2s1. The minimum Gasteiger partial charge on any atom is -0.298 e. The standard InChI is InChI=1S/C26H22N4O2S/c1-17-8-3-5-12-21(17)30(26-28-20-11-4-6-13-22(20)33-26)23(31)14-15-29-16-27-24-18(2)9-7-10-19(24)25(29)32/h3-13,16H,14-15H2,1-2H3. The minimum absolute atomic E-state index is 0.125. The molecule has 0 spiro atoms. The van der Waals surface area contributed by atoms with E-state index in [4.69, 9.17) is 4.98 Å². The zero-order valence-corrected chi connectivity index (χ0v) is 19.2. The van der Waals surface area contributed by atoms with Gasteiger partial charge < -0.3 is 0 Å². The highest BCUT2D eigenvalue weighted by molar-refractivity contribution is 7.22. The van der Waals surface area contributed by atoms with Crippen LogP contribution in [-0.2, 0) is 11.3 Å². The number of carbonyl (C=O) groups excluding carboxylic acids is 1. The molecule has 3 aromatic carbocycles. The summed E-state index contributed by atoms with van der Waals surface area (Å²) < 4.78 is 2.53. The van der Waals surface area contributed by atoms with Gasteiger partial charge in [-0.25, -0.2) is 9.97 Å². The van der Waals surface area contributed by atoms with Gasteiger partial charge in [-0.1, -0.05) is 53.8 Å². The van der Waals surface area contributed by atoms with Crippen molar-refractivity contribution in [3.8, 4) is 0 Å². The van der Waals surface area contributed by atoms with E-state index in [9.17, 15) is 9.59 Å². The monoisotopic (exact) mass is 454 g/mol. The van der Waals surface area contributed by atoms with Crippen LogP contribution in [0.25, 0.3) is 21.1 Å². The summed E-state index contributed by atoms with van der Waals surface area (Å²) in [6.45, 7) is 4.14. The van der Waals surface area contributed by atoms with Crippen molar-refractivity contribution in [3.05, 3.63) is 94.5 Å². The lowest BCUT2D eigenvalue weighted by Crippen LogP contribution is -2.29. The van der Waals surface area contributed by atoms with E-state index in [0.29, 0.717) is 16.0 Å². The number of aromatic nitrogens is 3. The van der Waals surface area contributed by atoms with Crippen LogP contribution in [0.2, 0.25) is 0 Å². The number of para-hydroxylation sites is 3. The zero-order chi connectivity index (χ0) is 22.9. The quantitative estimate of drug-likeness (QED) is 0.358.